The van der Waals surface area contributed by atoms with Crippen LogP contribution in [-0.2, 0) is 4.79 Å². The number of hydrogen-bond donors (Lipinski definition) is 3. The van der Waals surface area contributed by atoms with E-state index in [4.69, 9.17) is 11.6 Å². The molecule has 122 valence electrons. The molecule has 1 saturated heterocycles. The molecule has 1 fully saturated rings. The molecule has 1 atom stereocenters. The molecule has 1 unspecified atom stereocenters. The van der Waals surface area contributed by atoms with Gasteiger partial charge in [-0.1, -0.05) is 30.7 Å². The van der Waals surface area contributed by atoms with Gasteiger partial charge >= 0.3 is 0 Å². The zero-order valence-electron chi connectivity index (χ0n) is 12.4. The topological polar surface area (TPSA) is 70.2 Å². The van der Waals surface area contributed by atoms with Crippen LogP contribution in [0.3, 0.4) is 0 Å². The average Bonchev–Trinajstić information content (AvgIpc) is 2.41. The Kier molecular flexibility index (Phi) is 7.65. The third kappa shape index (κ3) is 4.87. The van der Waals surface area contributed by atoms with Gasteiger partial charge in [-0.25, -0.2) is 0 Å². The Morgan fingerprint density at radius 1 is 1.27 bits per heavy atom. The Morgan fingerprint density at radius 3 is 2.50 bits per heavy atom. The van der Waals surface area contributed by atoms with Gasteiger partial charge in [0.25, 0.3) is 5.91 Å². The fourth-order valence-electron chi connectivity index (χ4n) is 2.14. The summed E-state index contributed by atoms with van der Waals surface area (Å²) in [7, 11) is 0. The van der Waals surface area contributed by atoms with Crippen LogP contribution in [0, 0.1) is 11.8 Å². The molecule has 1 aromatic rings. The first kappa shape index (κ1) is 18.7. The molecule has 0 spiro atoms. The third-order valence-electron chi connectivity index (χ3n) is 3.76. The van der Waals surface area contributed by atoms with Crippen LogP contribution in [0.1, 0.15) is 17.3 Å². The fourth-order valence-corrected chi connectivity index (χ4v) is 2.36. The third-order valence-corrected chi connectivity index (χ3v) is 4.09. The van der Waals surface area contributed by atoms with Crippen molar-refractivity contribution in [2.45, 2.75) is 6.92 Å². The quantitative estimate of drug-likeness (QED) is 0.683. The highest BCUT2D eigenvalue weighted by Gasteiger charge is 2.28. The molecule has 3 N–H and O–H groups in total. The summed E-state index contributed by atoms with van der Waals surface area (Å²) in [6.07, 6.45) is 0. The maximum Gasteiger partial charge on any atom is 0.252 e. The number of halogens is 2. The van der Waals surface area contributed by atoms with Crippen molar-refractivity contribution >= 4 is 35.8 Å². The van der Waals surface area contributed by atoms with E-state index < -0.39 is 0 Å². The van der Waals surface area contributed by atoms with Gasteiger partial charge in [0, 0.05) is 19.0 Å². The van der Waals surface area contributed by atoms with E-state index in [1.165, 1.54) is 0 Å². The van der Waals surface area contributed by atoms with Crippen LogP contribution in [0.5, 0.6) is 0 Å². The predicted octanol–water partition coefficient (Wildman–Crippen LogP) is 1.46. The van der Waals surface area contributed by atoms with Gasteiger partial charge in [-0.15, -0.1) is 12.4 Å². The monoisotopic (exact) mass is 345 g/mol. The van der Waals surface area contributed by atoms with Crippen LogP contribution in [0.25, 0.3) is 0 Å². The standard InChI is InChI=1S/C15H20ClN3O2.ClH/c1-10(11-8-17-9-11)14(20)18-6-7-19-15(21)12-4-2-3-5-13(12)16;/h2-5,10-11,17H,6-9H2,1H3,(H,18,20)(H,19,21);1H. The minimum absolute atomic E-state index is 0. The molecule has 1 aromatic carbocycles. The number of carbonyl (C=O) groups excluding carboxylic acids is 2. The summed E-state index contributed by atoms with van der Waals surface area (Å²) in [5, 5.41) is 9.15. The van der Waals surface area contributed by atoms with Crippen molar-refractivity contribution in [3.8, 4) is 0 Å². The Morgan fingerprint density at radius 2 is 1.91 bits per heavy atom. The first-order chi connectivity index (χ1) is 10.1. The number of amides is 2. The molecule has 0 saturated carbocycles. The van der Waals surface area contributed by atoms with Crippen molar-refractivity contribution in [3.63, 3.8) is 0 Å². The summed E-state index contributed by atoms with van der Waals surface area (Å²) in [6.45, 7) is 4.53. The lowest BCUT2D eigenvalue weighted by Gasteiger charge is -2.31. The van der Waals surface area contributed by atoms with Gasteiger partial charge in [0.1, 0.15) is 0 Å². The molecule has 1 heterocycles. The highest BCUT2D eigenvalue weighted by atomic mass is 35.5. The van der Waals surface area contributed by atoms with Gasteiger partial charge in [0.05, 0.1) is 10.6 Å². The SMILES string of the molecule is CC(C(=O)NCCNC(=O)c1ccccc1Cl)C1CNC1.Cl. The van der Waals surface area contributed by atoms with Crippen molar-refractivity contribution in [2.75, 3.05) is 26.2 Å². The molecule has 1 aliphatic heterocycles. The Labute approximate surface area is 141 Å². The average molecular weight is 346 g/mol. The van der Waals surface area contributed by atoms with Gasteiger partial charge in [-0.2, -0.15) is 0 Å². The second-order valence-corrected chi connectivity index (χ2v) is 5.64. The minimum Gasteiger partial charge on any atom is -0.354 e. The summed E-state index contributed by atoms with van der Waals surface area (Å²) in [4.78, 5) is 23.8. The number of carbonyl (C=O) groups is 2. The van der Waals surface area contributed by atoms with Gasteiger partial charge < -0.3 is 16.0 Å². The highest BCUT2D eigenvalue weighted by molar-refractivity contribution is 6.33. The zero-order valence-corrected chi connectivity index (χ0v) is 14.0. The molecular weight excluding hydrogens is 325 g/mol. The van der Waals surface area contributed by atoms with E-state index in [-0.39, 0.29) is 30.1 Å². The zero-order chi connectivity index (χ0) is 15.2. The molecule has 7 heteroatoms. The summed E-state index contributed by atoms with van der Waals surface area (Å²) in [5.41, 5.74) is 0.444. The number of rotatable bonds is 6. The molecule has 0 radical (unpaired) electrons. The lowest BCUT2D eigenvalue weighted by molar-refractivity contribution is -0.126. The fraction of sp³-hybridized carbons (Fsp3) is 0.467. The number of benzene rings is 1. The van der Waals surface area contributed by atoms with Crippen molar-refractivity contribution in [1.29, 1.82) is 0 Å². The van der Waals surface area contributed by atoms with Crippen molar-refractivity contribution in [2.24, 2.45) is 11.8 Å². The molecule has 1 aliphatic rings. The predicted molar refractivity (Wildman–Crippen MR) is 89.6 cm³/mol. The van der Waals surface area contributed by atoms with Crippen molar-refractivity contribution in [1.82, 2.24) is 16.0 Å². The lowest BCUT2D eigenvalue weighted by Crippen LogP contribution is -2.50. The van der Waals surface area contributed by atoms with E-state index in [0.717, 1.165) is 13.1 Å². The minimum atomic E-state index is -0.230. The summed E-state index contributed by atoms with van der Waals surface area (Å²) in [6, 6.07) is 6.88. The van der Waals surface area contributed by atoms with Gasteiger partial charge in [0.2, 0.25) is 5.91 Å². The molecule has 0 aliphatic carbocycles. The van der Waals surface area contributed by atoms with E-state index >= 15 is 0 Å². The summed E-state index contributed by atoms with van der Waals surface area (Å²) in [5.74, 6) is 0.229. The lowest BCUT2D eigenvalue weighted by atomic mass is 9.88. The van der Waals surface area contributed by atoms with Crippen molar-refractivity contribution in [3.05, 3.63) is 34.9 Å². The first-order valence-electron chi connectivity index (χ1n) is 7.10. The Bertz CT molecular complexity index is 521. The van der Waals surface area contributed by atoms with Gasteiger partial charge in [0.15, 0.2) is 0 Å². The van der Waals surface area contributed by atoms with E-state index in [9.17, 15) is 9.59 Å². The molecular formula is C15H21Cl2N3O2. The second-order valence-electron chi connectivity index (χ2n) is 5.23. The summed E-state index contributed by atoms with van der Waals surface area (Å²) < 4.78 is 0. The van der Waals surface area contributed by atoms with Crippen LogP contribution < -0.4 is 16.0 Å². The van der Waals surface area contributed by atoms with Crippen LogP contribution >= 0.6 is 24.0 Å². The maximum atomic E-state index is 11.9. The first-order valence-corrected chi connectivity index (χ1v) is 7.48. The van der Waals surface area contributed by atoms with Gasteiger partial charge in [-0.05, 0) is 31.1 Å². The molecule has 0 aromatic heterocycles. The van der Waals surface area contributed by atoms with Crippen LogP contribution in [0.4, 0.5) is 0 Å². The largest absolute Gasteiger partial charge is 0.354 e. The molecule has 2 amide bonds. The van der Waals surface area contributed by atoms with E-state index in [0.29, 0.717) is 29.6 Å². The molecule has 0 bridgehead atoms. The maximum absolute atomic E-state index is 11.9. The highest BCUT2D eigenvalue weighted by Crippen LogP contribution is 2.15. The van der Waals surface area contributed by atoms with Crippen LogP contribution in [0.2, 0.25) is 5.02 Å². The molecule has 5 nitrogen and oxygen atoms in total. The van der Waals surface area contributed by atoms with E-state index in [2.05, 4.69) is 16.0 Å². The number of hydrogen-bond acceptors (Lipinski definition) is 3. The Hall–Kier alpha value is -1.30. The van der Waals surface area contributed by atoms with Crippen molar-refractivity contribution < 1.29 is 9.59 Å². The molecule has 2 rings (SSSR count). The van der Waals surface area contributed by atoms with E-state index in [1.54, 1.807) is 24.3 Å². The van der Waals surface area contributed by atoms with Crippen LogP contribution in [0.15, 0.2) is 24.3 Å². The van der Waals surface area contributed by atoms with Crippen LogP contribution in [-0.4, -0.2) is 38.0 Å². The van der Waals surface area contributed by atoms with Gasteiger partial charge in [-0.3, -0.25) is 9.59 Å². The van der Waals surface area contributed by atoms with E-state index in [1.807, 2.05) is 6.92 Å². The smallest absolute Gasteiger partial charge is 0.252 e. The molecule has 22 heavy (non-hydrogen) atoms. The Balaban J connectivity index is 0.00000242. The summed E-state index contributed by atoms with van der Waals surface area (Å²) >= 11 is 5.94. The normalized spacial score (nSPS) is 15.2. The second kappa shape index (κ2) is 8.98. The number of nitrogens with one attached hydrogen (secondary N) is 3.